The normalized spacial score (nSPS) is 31.6. The zero-order valence-corrected chi connectivity index (χ0v) is 9.18. The highest BCUT2D eigenvalue weighted by atomic mass is 16.5. The smallest absolute Gasteiger partial charge is 0.0652 e. The fourth-order valence-electron chi connectivity index (χ4n) is 2.22. The van der Waals surface area contributed by atoms with Gasteiger partial charge in [-0.05, 0) is 12.8 Å². The molecule has 2 heteroatoms. The fraction of sp³-hybridized carbons (Fsp3) is 0.833. The van der Waals surface area contributed by atoms with E-state index >= 15 is 0 Å². The first-order valence-electron chi connectivity index (χ1n) is 5.54. The molecule has 0 aliphatic carbocycles. The molecule has 0 aromatic heterocycles. The molecule has 1 spiro atoms. The molecule has 2 heterocycles. The summed E-state index contributed by atoms with van der Waals surface area (Å²) in [6, 6.07) is 0. The van der Waals surface area contributed by atoms with Crippen molar-refractivity contribution in [1.29, 1.82) is 0 Å². The van der Waals surface area contributed by atoms with E-state index in [-0.39, 0.29) is 0 Å². The Morgan fingerprint density at radius 3 is 2.79 bits per heavy atom. The molecule has 14 heavy (non-hydrogen) atoms. The van der Waals surface area contributed by atoms with Gasteiger partial charge < -0.3 is 4.74 Å². The molecule has 2 aliphatic heterocycles. The summed E-state index contributed by atoms with van der Waals surface area (Å²) in [4.78, 5) is 2.48. The van der Waals surface area contributed by atoms with Crippen molar-refractivity contribution < 1.29 is 4.74 Å². The van der Waals surface area contributed by atoms with Crippen molar-refractivity contribution in [3.05, 3.63) is 0 Å². The number of ether oxygens (including phenoxy) is 1. The molecular formula is C12H19NO. The molecule has 2 fully saturated rings. The van der Waals surface area contributed by atoms with Crippen LogP contribution in [-0.4, -0.2) is 36.7 Å². The van der Waals surface area contributed by atoms with Gasteiger partial charge in [-0.15, -0.1) is 0 Å². The third-order valence-electron chi connectivity index (χ3n) is 3.26. The first-order valence-corrected chi connectivity index (χ1v) is 5.54. The molecule has 0 saturated carbocycles. The van der Waals surface area contributed by atoms with E-state index in [1.807, 2.05) is 0 Å². The maximum atomic E-state index is 5.47. The van der Waals surface area contributed by atoms with E-state index in [0.717, 1.165) is 19.8 Å². The zero-order chi connectivity index (χ0) is 10.0. The van der Waals surface area contributed by atoms with Gasteiger partial charge in [-0.25, -0.2) is 0 Å². The van der Waals surface area contributed by atoms with Gasteiger partial charge >= 0.3 is 0 Å². The van der Waals surface area contributed by atoms with Crippen LogP contribution in [0.25, 0.3) is 0 Å². The Labute approximate surface area is 86.6 Å². The highest BCUT2D eigenvalue weighted by Gasteiger charge is 2.46. The summed E-state index contributed by atoms with van der Waals surface area (Å²) in [5, 5.41) is 0. The zero-order valence-electron chi connectivity index (χ0n) is 9.18. The monoisotopic (exact) mass is 193 g/mol. The van der Waals surface area contributed by atoms with E-state index in [1.54, 1.807) is 0 Å². The summed E-state index contributed by atoms with van der Waals surface area (Å²) < 4.78 is 5.47. The quantitative estimate of drug-likeness (QED) is 0.585. The molecule has 0 aromatic carbocycles. The SMILES string of the molecule is CC(C)C#CCN1CCC12CCOC2. The van der Waals surface area contributed by atoms with Gasteiger partial charge in [-0.1, -0.05) is 25.7 Å². The Hall–Kier alpha value is -0.520. The van der Waals surface area contributed by atoms with Gasteiger partial charge in [0.1, 0.15) is 0 Å². The van der Waals surface area contributed by atoms with Gasteiger partial charge in [0.05, 0.1) is 13.2 Å². The maximum absolute atomic E-state index is 5.47. The van der Waals surface area contributed by atoms with Crippen LogP contribution in [0.5, 0.6) is 0 Å². The van der Waals surface area contributed by atoms with Crippen molar-refractivity contribution in [2.24, 2.45) is 5.92 Å². The molecule has 1 unspecified atom stereocenters. The number of hydrogen-bond acceptors (Lipinski definition) is 2. The predicted octanol–water partition coefficient (Wildman–Crippen LogP) is 1.51. The number of likely N-dealkylation sites (tertiary alicyclic amines) is 1. The van der Waals surface area contributed by atoms with Crippen LogP contribution in [0.3, 0.4) is 0 Å². The van der Waals surface area contributed by atoms with Crippen molar-refractivity contribution in [3.63, 3.8) is 0 Å². The minimum Gasteiger partial charge on any atom is -0.379 e. The van der Waals surface area contributed by atoms with Crippen LogP contribution in [0, 0.1) is 17.8 Å². The molecule has 0 radical (unpaired) electrons. The van der Waals surface area contributed by atoms with Gasteiger partial charge in [0.25, 0.3) is 0 Å². The van der Waals surface area contributed by atoms with Crippen LogP contribution in [0.4, 0.5) is 0 Å². The number of nitrogens with zero attached hydrogens (tertiary/aromatic N) is 1. The summed E-state index contributed by atoms with van der Waals surface area (Å²) in [6.45, 7) is 8.28. The number of hydrogen-bond donors (Lipinski definition) is 0. The molecule has 0 aromatic rings. The molecule has 78 valence electrons. The van der Waals surface area contributed by atoms with Crippen molar-refractivity contribution >= 4 is 0 Å². The largest absolute Gasteiger partial charge is 0.379 e. The van der Waals surface area contributed by atoms with Gasteiger partial charge in [0.15, 0.2) is 0 Å². The van der Waals surface area contributed by atoms with Crippen LogP contribution >= 0.6 is 0 Å². The standard InChI is InChI=1S/C12H19NO/c1-11(2)4-3-7-13-8-5-12(13)6-9-14-10-12/h11H,5-10H2,1-2H3. The van der Waals surface area contributed by atoms with Gasteiger partial charge in [0, 0.05) is 24.6 Å². The molecule has 2 rings (SSSR count). The third-order valence-corrected chi connectivity index (χ3v) is 3.26. The van der Waals surface area contributed by atoms with Crippen molar-refractivity contribution in [2.75, 3.05) is 26.3 Å². The second-order valence-corrected chi connectivity index (χ2v) is 4.67. The van der Waals surface area contributed by atoms with Crippen LogP contribution in [0.1, 0.15) is 26.7 Å². The van der Waals surface area contributed by atoms with Crippen LogP contribution in [0.15, 0.2) is 0 Å². The Kier molecular flexibility index (Phi) is 2.80. The molecule has 2 saturated heterocycles. The van der Waals surface area contributed by atoms with Crippen molar-refractivity contribution in [2.45, 2.75) is 32.2 Å². The highest BCUT2D eigenvalue weighted by molar-refractivity contribution is 5.10. The lowest BCUT2D eigenvalue weighted by atomic mass is 9.84. The summed E-state index contributed by atoms with van der Waals surface area (Å²) in [5.74, 6) is 6.97. The van der Waals surface area contributed by atoms with Crippen molar-refractivity contribution in [1.82, 2.24) is 4.90 Å². The van der Waals surface area contributed by atoms with E-state index in [9.17, 15) is 0 Å². The Bertz CT molecular complexity index is 255. The van der Waals surface area contributed by atoms with Gasteiger partial charge in [0.2, 0.25) is 0 Å². The summed E-state index contributed by atoms with van der Waals surface area (Å²) in [6.07, 6.45) is 2.51. The summed E-state index contributed by atoms with van der Waals surface area (Å²) in [7, 11) is 0. The van der Waals surface area contributed by atoms with Gasteiger partial charge in [-0.2, -0.15) is 0 Å². The number of rotatable bonds is 1. The van der Waals surface area contributed by atoms with Crippen LogP contribution < -0.4 is 0 Å². The molecule has 2 nitrogen and oxygen atoms in total. The van der Waals surface area contributed by atoms with E-state index in [4.69, 9.17) is 4.74 Å². The summed E-state index contributed by atoms with van der Waals surface area (Å²) in [5.41, 5.74) is 0.381. The molecule has 2 aliphatic rings. The van der Waals surface area contributed by atoms with Crippen molar-refractivity contribution in [3.8, 4) is 11.8 Å². The predicted molar refractivity (Wildman–Crippen MR) is 57.0 cm³/mol. The molecule has 0 amide bonds. The second-order valence-electron chi connectivity index (χ2n) is 4.67. The summed E-state index contributed by atoms with van der Waals surface area (Å²) >= 11 is 0. The maximum Gasteiger partial charge on any atom is 0.0652 e. The van der Waals surface area contributed by atoms with E-state index in [1.165, 1.54) is 19.4 Å². The minimum absolute atomic E-state index is 0.381. The second kappa shape index (κ2) is 3.92. The molecule has 0 bridgehead atoms. The van der Waals surface area contributed by atoms with Gasteiger partial charge in [-0.3, -0.25) is 4.90 Å². The average molecular weight is 193 g/mol. The molecule has 0 N–H and O–H groups in total. The highest BCUT2D eigenvalue weighted by Crippen LogP contribution is 2.37. The van der Waals surface area contributed by atoms with Crippen LogP contribution in [0.2, 0.25) is 0 Å². The fourth-order valence-corrected chi connectivity index (χ4v) is 2.22. The lowest BCUT2D eigenvalue weighted by Gasteiger charge is -2.49. The minimum atomic E-state index is 0.381. The Morgan fingerprint density at radius 2 is 2.29 bits per heavy atom. The lowest BCUT2D eigenvalue weighted by Crippen LogP contribution is -2.60. The van der Waals surface area contributed by atoms with E-state index in [2.05, 4.69) is 30.6 Å². The van der Waals surface area contributed by atoms with E-state index < -0.39 is 0 Å². The molecule has 1 atom stereocenters. The average Bonchev–Trinajstić information content (AvgIpc) is 2.60. The Balaban J connectivity index is 1.85. The lowest BCUT2D eigenvalue weighted by molar-refractivity contribution is -0.00909. The van der Waals surface area contributed by atoms with Crippen LogP contribution in [-0.2, 0) is 4.74 Å². The first kappa shape index (κ1) is 10.0. The third kappa shape index (κ3) is 1.80. The Morgan fingerprint density at radius 1 is 1.43 bits per heavy atom. The topological polar surface area (TPSA) is 12.5 Å². The molecular weight excluding hydrogens is 174 g/mol. The van der Waals surface area contributed by atoms with E-state index in [0.29, 0.717) is 11.5 Å². The first-order chi connectivity index (χ1) is 6.73.